The second kappa shape index (κ2) is 8.37. The molecule has 4 aromatic rings. The molecule has 142 valence electrons. The summed E-state index contributed by atoms with van der Waals surface area (Å²) in [5.41, 5.74) is 5.26. The summed E-state index contributed by atoms with van der Waals surface area (Å²) >= 11 is 1.62. The molecule has 0 aliphatic heterocycles. The largest absolute Gasteiger partial charge is 0.423 e. The molecule has 0 amide bonds. The quantitative estimate of drug-likeness (QED) is 0.415. The lowest BCUT2D eigenvalue weighted by Crippen LogP contribution is -1.97. The molecule has 2 aromatic carbocycles. The minimum Gasteiger partial charge on any atom is -0.423 e. The molecule has 0 aliphatic carbocycles. The molecule has 0 radical (unpaired) electrons. The lowest BCUT2D eigenvalue weighted by molar-refractivity contribution is 0.134. The number of ether oxygens (including phenoxy) is 1. The zero-order chi connectivity index (χ0) is 19.3. The van der Waals surface area contributed by atoms with Gasteiger partial charge in [-0.3, -0.25) is 0 Å². The van der Waals surface area contributed by atoms with Crippen molar-refractivity contribution >= 4 is 23.0 Å². The number of oxazole rings is 1. The number of benzene rings is 2. The molecule has 0 bridgehead atoms. The van der Waals surface area contributed by atoms with Gasteiger partial charge >= 0.3 is 0 Å². The molecule has 0 spiro atoms. The van der Waals surface area contributed by atoms with Crippen LogP contribution in [0.4, 0.5) is 11.7 Å². The van der Waals surface area contributed by atoms with Crippen LogP contribution in [0.1, 0.15) is 18.1 Å². The minimum atomic E-state index is 0.468. The zero-order valence-electron chi connectivity index (χ0n) is 15.8. The molecule has 0 atom stereocenters. The van der Waals surface area contributed by atoms with Crippen LogP contribution in [0.5, 0.6) is 0 Å². The Morgan fingerprint density at radius 1 is 1.07 bits per heavy atom. The van der Waals surface area contributed by atoms with Gasteiger partial charge < -0.3 is 14.5 Å². The molecule has 0 saturated heterocycles. The standard InChI is InChI=1S/C22H21N3O2S/c1-3-26-14-16-5-4-15(2)19(12-16)25-22-24-13-20(27-22)17-6-8-18(9-7-17)21-23-10-11-28-21/h4-13H,3,14H2,1-2H3,(H,24,25). The maximum atomic E-state index is 5.91. The lowest BCUT2D eigenvalue weighted by atomic mass is 10.1. The summed E-state index contributed by atoms with van der Waals surface area (Å²) in [5.74, 6) is 0.719. The molecule has 28 heavy (non-hydrogen) atoms. The first kappa shape index (κ1) is 18.4. The Morgan fingerprint density at radius 2 is 1.89 bits per heavy atom. The van der Waals surface area contributed by atoms with E-state index in [2.05, 4.69) is 33.5 Å². The van der Waals surface area contributed by atoms with E-state index in [-0.39, 0.29) is 0 Å². The summed E-state index contributed by atoms with van der Waals surface area (Å²) in [5, 5.41) is 6.25. The van der Waals surface area contributed by atoms with Gasteiger partial charge in [0.25, 0.3) is 6.01 Å². The van der Waals surface area contributed by atoms with Crippen molar-refractivity contribution in [3.05, 3.63) is 71.4 Å². The predicted molar refractivity (Wildman–Crippen MR) is 113 cm³/mol. The fraction of sp³-hybridized carbons (Fsp3) is 0.182. The average molecular weight is 391 g/mol. The monoisotopic (exact) mass is 391 g/mol. The summed E-state index contributed by atoms with van der Waals surface area (Å²) in [6.07, 6.45) is 3.55. The van der Waals surface area contributed by atoms with Gasteiger partial charge in [0.1, 0.15) is 5.01 Å². The Labute approximate surface area is 168 Å². The van der Waals surface area contributed by atoms with Gasteiger partial charge in [0, 0.05) is 35.0 Å². The molecular weight excluding hydrogens is 370 g/mol. The number of anilines is 2. The highest BCUT2D eigenvalue weighted by Crippen LogP contribution is 2.29. The van der Waals surface area contributed by atoms with Crippen LogP contribution in [0.15, 0.2) is 64.7 Å². The van der Waals surface area contributed by atoms with Gasteiger partial charge in [0.05, 0.1) is 12.8 Å². The topological polar surface area (TPSA) is 60.2 Å². The van der Waals surface area contributed by atoms with E-state index in [1.54, 1.807) is 17.5 Å². The van der Waals surface area contributed by atoms with Crippen LogP contribution in [-0.4, -0.2) is 16.6 Å². The van der Waals surface area contributed by atoms with Gasteiger partial charge in [-0.1, -0.05) is 36.4 Å². The number of nitrogens with one attached hydrogen (secondary N) is 1. The maximum absolute atomic E-state index is 5.91. The van der Waals surface area contributed by atoms with Crippen molar-refractivity contribution in [1.29, 1.82) is 0 Å². The Bertz CT molecular complexity index is 1040. The molecule has 2 aromatic heterocycles. The molecule has 0 saturated carbocycles. The molecule has 1 N–H and O–H groups in total. The minimum absolute atomic E-state index is 0.468. The first-order valence-electron chi connectivity index (χ1n) is 9.13. The third-order valence-electron chi connectivity index (χ3n) is 4.37. The second-order valence-electron chi connectivity index (χ2n) is 6.36. The van der Waals surface area contributed by atoms with Crippen LogP contribution in [0.2, 0.25) is 0 Å². The van der Waals surface area contributed by atoms with Crippen LogP contribution in [0.3, 0.4) is 0 Å². The van der Waals surface area contributed by atoms with Gasteiger partial charge in [0.15, 0.2) is 5.76 Å². The van der Waals surface area contributed by atoms with Crippen molar-refractivity contribution in [2.24, 2.45) is 0 Å². The molecule has 0 unspecified atom stereocenters. The third kappa shape index (κ3) is 4.13. The Hall–Kier alpha value is -2.96. The number of rotatable bonds is 7. The van der Waals surface area contributed by atoms with Crippen molar-refractivity contribution in [3.8, 4) is 21.9 Å². The van der Waals surface area contributed by atoms with Crippen LogP contribution in [-0.2, 0) is 11.3 Å². The normalized spacial score (nSPS) is 10.9. The average Bonchev–Trinajstić information content (AvgIpc) is 3.41. The summed E-state index contributed by atoms with van der Waals surface area (Å²) in [6.45, 7) is 5.33. The summed E-state index contributed by atoms with van der Waals surface area (Å²) in [7, 11) is 0. The van der Waals surface area contributed by atoms with Crippen molar-refractivity contribution in [1.82, 2.24) is 9.97 Å². The molecule has 2 heterocycles. The number of hydrogen-bond donors (Lipinski definition) is 1. The maximum Gasteiger partial charge on any atom is 0.299 e. The van der Waals surface area contributed by atoms with Gasteiger partial charge in [-0.2, -0.15) is 0 Å². The Kier molecular flexibility index (Phi) is 5.50. The van der Waals surface area contributed by atoms with Crippen LogP contribution in [0, 0.1) is 6.92 Å². The first-order chi connectivity index (χ1) is 13.7. The van der Waals surface area contributed by atoms with E-state index in [1.807, 2.05) is 49.7 Å². The van der Waals surface area contributed by atoms with Crippen molar-refractivity contribution in [2.75, 3.05) is 11.9 Å². The molecule has 6 heteroatoms. The van der Waals surface area contributed by atoms with Gasteiger partial charge in [0.2, 0.25) is 0 Å². The SMILES string of the molecule is CCOCc1ccc(C)c(Nc2ncc(-c3ccc(-c4nccs4)cc3)o2)c1. The summed E-state index contributed by atoms with van der Waals surface area (Å²) < 4.78 is 11.4. The number of aromatic nitrogens is 2. The Morgan fingerprint density at radius 3 is 2.64 bits per heavy atom. The van der Waals surface area contributed by atoms with Gasteiger partial charge in [-0.15, -0.1) is 11.3 Å². The van der Waals surface area contributed by atoms with Crippen molar-refractivity contribution in [3.63, 3.8) is 0 Å². The molecule has 0 aliphatic rings. The smallest absolute Gasteiger partial charge is 0.299 e. The third-order valence-corrected chi connectivity index (χ3v) is 5.19. The fourth-order valence-electron chi connectivity index (χ4n) is 2.84. The lowest BCUT2D eigenvalue weighted by Gasteiger charge is -2.09. The van der Waals surface area contributed by atoms with E-state index in [4.69, 9.17) is 9.15 Å². The van der Waals surface area contributed by atoms with Crippen LogP contribution >= 0.6 is 11.3 Å². The highest BCUT2D eigenvalue weighted by molar-refractivity contribution is 7.13. The summed E-state index contributed by atoms with van der Waals surface area (Å²) in [6, 6.07) is 14.8. The van der Waals surface area contributed by atoms with Crippen LogP contribution in [0.25, 0.3) is 21.9 Å². The highest BCUT2D eigenvalue weighted by atomic mass is 32.1. The predicted octanol–water partition coefficient (Wildman–Crippen LogP) is 6.05. The second-order valence-corrected chi connectivity index (χ2v) is 7.25. The highest BCUT2D eigenvalue weighted by Gasteiger charge is 2.09. The fourth-order valence-corrected chi connectivity index (χ4v) is 3.48. The van der Waals surface area contributed by atoms with Crippen molar-refractivity contribution < 1.29 is 9.15 Å². The number of thiazole rings is 1. The molecule has 5 nitrogen and oxygen atoms in total. The first-order valence-corrected chi connectivity index (χ1v) is 10.0. The molecule has 0 fully saturated rings. The van der Waals surface area contributed by atoms with E-state index in [0.29, 0.717) is 19.2 Å². The number of hydrogen-bond acceptors (Lipinski definition) is 6. The Balaban J connectivity index is 1.50. The number of nitrogens with zero attached hydrogens (tertiary/aromatic N) is 2. The zero-order valence-corrected chi connectivity index (χ0v) is 16.6. The van der Waals surface area contributed by atoms with Crippen LogP contribution < -0.4 is 5.32 Å². The van der Waals surface area contributed by atoms with Gasteiger partial charge in [-0.05, 0) is 31.0 Å². The molecular formula is C22H21N3O2S. The number of aryl methyl sites for hydroxylation is 1. The van der Waals surface area contributed by atoms with E-state index < -0.39 is 0 Å². The summed E-state index contributed by atoms with van der Waals surface area (Å²) in [4.78, 5) is 8.71. The van der Waals surface area contributed by atoms with E-state index in [1.165, 1.54) is 0 Å². The molecule has 4 rings (SSSR count). The van der Waals surface area contributed by atoms with E-state index in [9.17, 15) is 0 Å². The van der Waals surface area contributed by atoms with E-state index >= 15 is 0 Å². The van der Waals surface area contributed by atoms with Crippen molar-refractivity contribution in [2.45, 2.75) is 20.5 Å². The van der Waals surface area contributed by atoms with E-state index in [0.717, 1.165) is 38.7 Å². The van der Waals surface area contributed by atoms with Gasteiger partial charge in [-0.25, -0.2) is 9.97 Å².